The molecule has 0 amide bonds. The lowest BCUT2D eigenvalue weighted by Gasteiger charge is -2.09. The van der Waals surface area contributed by atoms with Crippen LogP contribution in [0.1, 0.15) is 6.42 Å². The predicted molar refractivity (Wildman–Crippen MR) is 69.3 cm³/mol. The van der Waals surface area contributed by atoms with Gasteiger partial charge in [-0.3, -0.25) is 0 Å². The number of benzene rings is 1. The molecule has 102 valence electrons. The third-order valence-corrected chi connectivity index (χ3v) is 3.37. The van der Waals surface area contributed by atoms with Crippen molar-refractivity contribution in [3.63, 3.8) is 0 Å². The lowest BCUT2D eigenvalue weighted by atomic mass is 10.3. The molecule has 0 aliphatic heterocycles. The lowest BCUT2D eigenvalue weighted by Crippen LogP contribution is -2.05. The first kappa shape index (κ1) is 14.9. The monoisotopic (exact) mass is 294 g/mol. The second kappa shape index (κ2) is 6.70. The van der Waals surface area contributed by atoms with Crippen molar-refractivity contribution >= 4 is 19.7 Å². The van der Waals surface area contributed by atoms with Crippen LogP contribution in [0.4, 0.5) is 0 Å². The predicted octanol–water partition coefficient (Wildman–Crippen LogP) is 2.04. The summed E-state index contributed by atoms with van der Waals surface area (Å²) in [6.07, 6.45) is 0.325. The van der Waals surface area contributed by atoms with Crippen LogP contribution in [0.15, 0.2) is 18.2 Å². The van der Waals surface area contributed by atoms with Gasteiger partial charge >= 0.3 is 0 Å². The smallest absolute Gasteiger partial charge is 0.232 e. The topological polar surface area (TPSA) is 61.8 Å². The fraction of sp³-hybridized carbons (Fsp3) is 0.455. The Morgan fingerprint density at radius 3 is 2.00 bits per heavy atom. The fourth-order valence-corrected chi connectivity index (χ4v) is 2.08. The molecule has 0 N–H and O–H groups in total. The molecule has 1 aromatic rings. The second-order valence-corrected chi connectivity index (χ2v) is 6.39. The molecule has 0 fully saturated rings. The zero-order valence-electron chi connectivity index (χ0n) is 10.2. The van der Waals surface area contributed by atoms with E-state index in [1.165, 1.54) is 0 Å². The summed E-state index contributed by atoms with van der Waals surface area (Å²) in [5, 5.41) is 0. The highest BCUT2D eigenvalue weighted by Crippen LogP contribution is 2.27. The first-order valence-electron chi connectivity index (χ1n) is 5.23. The Morgan fingerprint density at radius 2 is 1.56 bits per heavy atom. The summed E-state index contributed by atoms with van der Waals surface area (Å²) in [6, 6.07) is 5.10. The van der Waals surface area contributed by atoms with Gasteiger partial charge in [0, 0.05) is 28.9 Å². The first-order chi connectivity index (χ1) is 8.44. The quantitative estimate of drug-likeness (QED) is 0.569. The highest BCUT2D eigenvalue weighted by Gasteiger charge is 2.06. The van der Waals surface area contributed by atoms with E-state index < -0.39 is 9.05 Å². The van der Waals surface area contributed by atoms with E-state index in [-0.39, 0.29) is 12.4 Å². The molecule has 5 nitrogen and oxygen atoms in total. The van der Waals surface area contributed by atoms with Crippen molar-refractivity contribution in [2.75, 3.05) is 26.6 Å². The van der Waals surface area contributed by atoms with Crippen LogP contribution in [0.3, 0.4) is 0 Å². The van der Waals surface area contributed by atoms with Crippen LogP contribution >= 0.6 is 10.7 Å². The van der Waals surface area contributed by atoms with E-state index in [0.29, 0.717) is 23.7 Å². The van der Waals surface area contributed by atoms with Gasteiger partial charge in [-0.15, -0.1) is 0 Å². The summed E-state index contributed by atoms with van der Waals surface area (Å²) in [5.41, 5.74) is 0. The molecule has 7 heteroatoms. The molecule has 0 radical (unpaired) electrons. The van der Waals surface area contributed by atoms with E-state index in [4.69, 9.17) is 24.9 Å². The highest BCUT2D eigenvalue weighted by molar-refractivity contribution is 8.13. The molecule has 0 aromatic heterocycles. The maximum atomic E-state index is 10.7. The van der Waals surface area contributed by atoms with Crippen molar-refractivity contribution in [1.29, 1.82) is 0 Å². The van der Waals surface area contributed by atoms with Crippen LogP contribution in [0.5, 0.6) is 17.2 Å². The number of hydrogen-bond acceptors (Lipinski definition) is 5. The largest absolute Gasteiger partial charge is 0.496 e. The minimum absolute atomic E-state index is 0.115. The van der Waals surface area contributed by atoms with Gasteiger partial charge in [0.15, 0.2) is 0 Å². The van der Waals surface area contributed by atoms with E-state index >= 15 is 0 Å². The Bertz CT molecular complexity index is 464. The van der Waals surface area contributed by atoms with Crippen molar-refractivity contribution in [2.24, 2.45) is 0 Å². The Hall–Kier alpha value is -1.14. The lowest BCUT2D eigenvalue weighted by molar-refractivity contribution is 0.311. The molecular weight excluding hydrogens is 280 g/mol. The number of rotatable bonds is 7. The summed E-state index contributed by atoms with van der Waals surface area (Å²) < 4.78 is 37.0. The maximum absolute atomic E-state index is 10.7. The molecule has 0 aliphatic rings. The summed E-state index contributed by atoms with van der Waals surface area (Å²) in [6.45, 7) is 0.252. The van der Waals surface area contributed by atoms with Crippen molar-refractivity contribution < 1.29 is 22.6 Å². The molecule has 0 bridgehead atoms. The van der Waals surface area contributed by atoms with Crippen LogP contribution < -0.4 is 14.2 Å². The first-order valence-corrected chi connectivity index (χ1v) is 7.70. The number of hydrogen-bond donors (Lipinski definition) is 0. The van der Waals surface area contributed by atoms with Gasteiger partial charge in [-0.2, -0.15) is 0 Å². The Morgan fingerprint density at radius 1 is 1.06 bits per heavy atom. The van der Waals surface area contributed by atoms with E-state index in [9.17, 15) is 8.42 Å². The number of methoxy groups -OCH3 is 2. The van der Waals surface area contributed by atoms with Crippen molar-refractivity contribution in [1.82, 2.24) is 0 Å². The van der Waals surface area contributed by atoms with E-state index in [1.54, 1.807) is 32.4 Å². The molecule has 0 saturated heterocycles. The van der Waals surface area contributed by atoms with Gasteiger partial charge in [0.25, 0.3) is 0 Å². The standard InChI is InChI=1S/C11H15ClO5S/c1-15-9-6-10(16-2)8-11(7-9)17-4-3-5-18(12,13)14/h6-8H,3-5H2,1-2H3. The molecule has 0 saturated carbocycles. The van der Waals surface area contributed by atoms with Gasteiger partial charge < -0.3 is 14.2 Å². The van der Waals surface area contributed by atoms with E-state index in [1.807, 2.05) is 0 Å². The van der Waals surface area contributed by atoms with Gasteiger partial charge in [-0.25, -0.2) is 8.42 Å². The summed E-state index contributed by atoms with van der Waals surface area (Å²) >= 11 is 0. The molecule has 1 aromatic carbocycles. The summed E-state index contributed by atoms with van der Waals surface area (Å²) in [4.78, 5) is 0. The maximum Gasteiger partial charge on any atom is 0.232 e. The molecule has 0 aliphatic carbocycles. The van der Waals surface area contributed by atoms with Crippen LogP contribution in [0.2, 0.25) is 0 Å². The van der Waals surface area contributed by atoms with Gasteiger partial charge in [-0.1, -0.05) is 0 Å². The average molecular weight is 295 g/mol. The zero-order chi connectivity index (χ0) is 13.6. The molecule has 18 heavy (non-hydrogen) atoms. The van der Waals surface area contributed by atoms with Crippen LogP contribution in [-0.2, 0) is 9.05 Å². The second-order valence-electron chi connectivity index (χ2n) is 3.49. The molecule has 1 rings (SSSR count). The van der Waals surface area contributed by atoms with Crippen LogP contribution in [-0.4, -0.2) is 35.0 Å². The summed E-state index contributed by atoms with van der Waals surface area (Å²) in [7, 11) is 4.71. The zero-order valence-corrected chi connectivity index (χ0v) is 11.8. The van der Waals surface area contributed by atoms with Crippen molar-refractivity contribution in [3.8, 4) is 17.2 Å². The van der Waals surface area contributed by atoms with E-state index in [0.717, 1.165) is 0 Å². The van der Waals surface area contributed by atoms with Crippen LogP contribution in [0.25, 0.3) is 0 Å². The number of ether oxygens (including phenoxy) is 3. The van der Waals surface area contributed by atoms with Gasteiger partial charge in [-0.05, 0) is 6.42 Å². The normalized spacial score (nSPS) is 11.1. The van der Waals surface area contributed by atoms with Crippen molar-refractivity contribution in [3.05, 3.63) is 18.2 Å². The van der Waals surface area contributed by atoms with Crippen LogP contribution in [0, 0.1) is 0 Å². The highest BCUT2D eigenvalue weighted by atomic mass is 35.7. The molecular formula is C11H15ClO5S. The minimum atomic E-state index is -3.46. The third-order valence-electron chi connectivity index (χ3n) is 2.13. The Balaban J connectivity index is 2.56. The Labute approximate surface area is 111 Å². The minimum Gasteiger partial charge on any atom is -0.496 e. The third kappa shape index (κ3) is 5.46. The average Bonchev–Trinajstić information content (AvgIpc) is 2.33. The molecule has 0 heterocycles. The van der Waals surface area contributed by atoms with Crippen molar-refractivity contribution in [2.45, 2.75) is 6.42 Å². The number of halogens is 1. The Kier molecular flexibility index (Phi) is 5.55. The fourth-order valence-electron chi connectivity index (χ4n) is 1.29. The SMILES string of the molecule is COc1cc(OC)cc(OCCCS(=O)(=O)Cl)c1. The molecule has 0 unspecified atom stereocenters. The van der Waals surface area contributed by atoms with Gasteiger partial charge in [0.2, 0.25) is 9.05 Å². The van der Waals surface area contributed by atoms with E-state index in [2.05, 4.69) is 0 Å². The van der Waals surface area contributed by atoms with Gasteiger partial charge in [0.1, 0.15) is 17.2 Å². The summed E-state index contributed by atoms with van der Waals surface area (Å²) in [5.74, 6) is 1.65. The molecule has 0 atom stereocenters. The van der Waals surface area contributed by atoms with Gasteiger partial charge in [0.05, 0.1) is 26.6 Å². The molecule has 0 spiro atoms.